The van der Waals surface area contributed by atoms with Gasteiger partial charge in [0.2, 0.25) is 0 Å². The van der Waals surface area contributed by atoms with E-state index in [2.05, 4.69) is 89.5 Å². The van der Waals surface area contributed by atoms with Crippen LogP contribution in [0.15, 0.2) is 0 Å². The van der Waals surface area contributed by atoms with Gasteiger partial charge in [-0.1, -0.05) is 0 Å². The molecule has 0 heterocycles. The summed E-state index contributed by atoms with van der Waals surface area (Å²) in [5.74, 6) is 0. The molecule has 0 nitrogen and oxygen atoms in total. The Morgan fingerprint density at radius 1 is 1.29 bits per heavy atom. The van der Waals surface area contributed by atoms with Gasteiger partial charge >= 0.3 is 64.9 Å². The normalized spacial score (nSPS) is 7.71. The van der Waals surface area contributed by atoms with Crippen molar-refractivity contribution in [2.45, 2.75) is 0 Å². The topological polar surface area (TPSA) is 0 Å². The molecule has 0 rings (SSSR count). The summed E-state index contributed by atoms with van der Waals surface area (Å²) in [5, 5.41) is 0. The second-order valence-corrected chi connectivity index (χ2v) is 36.8. The van der Waals surface area contributed by atoms with E-state index in [-0.39, 0.29) is 4.92 Å². The van der Waals surface area contributed by atoms with Crippen molar-refractivity contribution < 1.29 is 4.92 Å². The first-order chi connectivity index (χ1) is 3.15. The number of hydrogen-bond donors (Lipinski definition) is 0. The zero-order valence-electron chi connectivity index (χ0n) is 3.37. The van der Waals surface area contributed by atoms with Gasteiger partial charge in [-0.3, -0.25) is 0 Å². The van der Waals surface area contributed by atoms with Crippen LogP contribution in [0.1, 0.15) is 0 Å². The Balaban J connectivity index is 0. The molecule has 0 aromatic rings. The van der Waals surface area contributed by atoms with Crippen LogP contribution in [0.2, 0.25) is 0 Å². The Labute approximate surface area is 96.2 Å². The Morgan fingerprint density at radius 2 is 1.29 bits per heavy atom. The van der Waals surface area contributed by atoms with Gasteiger partial charge < -0.3 is 6.92 Å². The van der Waals surface area contributed by atoms with Crippen LogP contribution >= 0.6 is 82.5 Å². The summed E-state index contributed by atoms with van der Waals surface area (Å²) in [6.07, 6.45) is 0. The molecule has 0 N–H and O–H groups in total. The predicted octanol–water partition coefficient (Wildman–Crippen LogP) is 3.91. The zero-order valence-corrected chi connectivity index (χ0v) is 13.4. The molecule has 0 aromatic carbocycles. The molecule has 0 fully saturated rings. The van der Waals surface area contributed by atoms with Crippen molar-refractivity contribution in [3.05, 3.63) is 6.92 Å². The van der Waals surface area contributed by atoms with Gasteiger partial charge in [0.1, 0.15) is 0 Å². The van der Waals surface area contributed by atoms with E-state index in [0.29, 0.717) is 0 Å². The standard InChI is InChI=1S/C2H4I.3HI.V/c1-2-3;;;;/h1-2H2;3*1H;/q-1;;;;+3/p-3. The van der Waals surface area contributed by atoms with Crippen molar-refractivity contribution in [3.8, 4) is 0 Å². The van der Waals surface area contributed by atoms with Crippen molar-refractivity contribution >= 4 is 82.5 Å². The molecule has 7 heavy (non-hydrogen) atoms. The number of hydrogen-bond acceptors (Lipinski definition) is 0. The van der Waals surface area contributed by atoms with E-state index in [1.54, 1.807) is 0 Å². The minimum atomic E-state index is -0.278. The molecular formula is C2H4I4V-. The van der Waals surface area contributed by atoms with E-state index in [1.807, 2.05) is 0 Å². The van der Waals surface area contributed by atoms with Gasteiger partial charge in [-0.15, -0.1) is 27.0 Å². The summed E-state index contributed by atoms with van der Waals surface area (Å²) in [4.78, 5) is -0.278. The third kappa shape index (κ3) is 43.6. The Hall–Kier alpha value is 3.50. The zero-order chi connectivity index (χ0) is 6.28. The van der Waals surface area contributed by atoms with Crippen LogP contribution in [0.25, 0.3) is 0 Å². The third-order valence-electron chi connectivity index (χ3n) is 0. The second kappa shape index (κ2) is 12.2. The van der Waals surface area contributed by atoms with Gasteiger partial charge in [0.05, 0.1) is 0 Å². The van der Waals surface area contributed by atoms with Crippen LogP contribution in [-0.4, -0.2) is 4.43 Å². The first-order valence-corrected chi connectivity index (χ1v) is 16.3. The molecule has 0 atom stereocenters. The first kappa shape index (κ1) is 13.1. The average molecular weight is 587 g/mol. The Kier molecular flexibility index (Phi) is 22.9. The van der Waals surface area contributed by atoms with Gasteiger partial charge in [0.25, 0.3) is 0 Å². The van der Waals surface area contributed by atoms with Gasteiger partial charge in [0, 0.05) is 0 Å². The van der Waals surface area contributed by atoms with Crippen LogP contribution in [0.4, 0.5) is 0 Å². The van der Waals surface area contributed by atoms with E-state index in [9.17, 15) is 0 Å². The van der Waals surface area contributed by atoms with Crippen molar-refractivity contribution in [2.24, 2.45) is 0 Å². The molecule has 0 aliphatic carbocycles. The van der Waals surface area contributed by atoms with Crippen LogP contribution in [0, 0.1) is 6.92 Å². The summed E-state index contributed by atoms with van der Waals surface area (Å²) >= 11 is 9.56. The van der Waals surface area contributed by atoms with Crippen molar-refractivity contribution in [2.75, 3.05) is 4.43 Å². The molecule has 0 unspecified atom stereocenters. The molecule has 0 saturated heterocycles. The van der Waals surface area contributed by atoms with E-state index in [4.69, 9.17) is 0 Å². The minimum absolute atomic E-state index is 0.278. The summed E-state index contributed by atoms with van der Waals surface area (Å²) in [7, 11) is 0. The SMILES string of the molecule is [CH2-]CI.[I][V]([I])[I]. The second-order valence-electron chi connectivity index (χ2n) is 0.381. The molecule has 46 valence electrons. The van der Waals surface area contributed by atoms with Gasteiger partial charge in [0.15, 0.2) is 0 Å². The van der Waals surface area contributed by atoms with Crippen LogP contribution < -0.4 is 0 Å². The van der Waals surface area contributed by atoms with E-state index >= 15 is 0 Å². The Bertz CT molecular complexity index is 20.9. The monoisotopic (exact) mass is 587 g/mol. The number of rotatable bonds is 0. The van der Waals surface area contributed by atoms with Crippen molar-refractivity contribution in [3.63, 3.8) is 0 Å². The van der Waals surface area contributed by atoms with Gasteiger partial charge in [-0.2, -0.15) is 0 Å². The molecule has 0 radical (unpaired) electrons. The quantitative estimate of drug-likeness (QED) is 0.230. The van der Waals surface area contributed by atoms with Crippen molar-refractivity contribution in [1.29, 1.82) is 0 Å². The van der Waals surface area contributed by atoms with Gasteiger partial charge in [-0.05, 0) is 0 Å². The predicted molar refractivity (Wildman–Crippen MR) is 66.3 cm³/mol. The van der Waals surface area contributed by atoms with Crippen LogP contribution in [0.5, 0.6) is 0 Å². The molecule has 0 aliphatic rings. The van der Waals surface area contributed by atoms with E-state index in [0.717, 1.165) is 4.43 Å². The summed E-state index contributed by atoms with van der Waals surface area (Å²) in [5.41, 5.74) is 0. The number of alkyl halides is 1. The van der Waals surface area contributed by atoms with E-state index in [1.165, 1.54) is 0 Å². The molecule has 0 saturated carbocycles. The summed E-state index contributed by atoms with van der Waals surface area (Å²) < 4.78 is 0.970. The van der Waals surface area contributed by atoms with Gasteiger partial charge in [-0.25, -0.2) is 0 Å². The number of halogens is 4. The first-order valence-electron chi connectivity index (χ1n) is 1.27. The fraction of sp³-hybridized carbons (Fsp3) is 0.500. The van der Waals surface area contributed by atoms with Crippen LogP contribution in [0.3, 0.4) is 0 Å². The molecule has 0 amide bonds. The maximum atomic E-state index is 3.47. The molecule has 5 heteroatoms. The van der Waals surface area contributed by atoms with Crippen molar-refractivity contribution in [1.82, 2.24) is 0 Å². The summed E-state index contributed by atoms with van der Waals surface area (Å²) in [6, 6.07) is 0. The Morgan fingerprint density at radius 3 is 1.29 bits per heavy atom. The fourth-order valence-corrected chi connectivity index (χ4v) is 0. The molecule has 0 aromatic heterocycles. The molecular weight excluding hydrogens is 583 g/mol. The van der Waals surface area contributed by atoms with E-state index < -0.39 is 0 Å². The maximum absolute atomic E-state index is 3.47. The van der Waals surface area contributed by atoms with Crippen LogP contribution in [-0.2, 0) is 4.92 Å². The third-order valence-corrected chi connectivity index (χ3v) is 0. The molecule has 0 bridgehead atoms. The molecule has 0 spiro atoms. The molecule has 0 aliphatic heterocycles. The average Bonchev–Trinajstić information content (AvgIpc) is 1.33. The fourth-order valence-electron chi connectivity index (χ4n) is 0. The summed E-state index contributed by atoms with van der Waals surface area (Å²) in [6.45, 7) is 3.47.